The summed E-state index contributed by atoms with van der Waals surface area (Å²) in [4.78, 5) is 23.3. The lowest BCUT2D eigenvalue weighted by Gasteiger charge is -2.08. The van der Waals surface area contributed by atoms with E-state index >= 15 is 0 Å². The average Bonchev–Trinajstić information content (AvgIpc) is 2.59. The van der Waals surface area contributed by atoms with Crippen LogP contribution in [0.3, 0.4) is 0 Å². The molecule has 0 atom stereocenters. The number of anilines is 1. The molecule has 0 fully saturated rings. The fourth-order valence-electron chi connectivity index (χ4n) is 2.12. The van der Waals surface area contributed by atoms with Crippen molar-refractivity contribution in [2.45, 2.75) is 18.2 Å². The van der Waals surface area contributed by atoms with Gasteiger partial charge < -0.3 is 10.1 Å². The summed E-state index contributed by atoms with van der Waals surface area (Å²) >= 11 is 0. The molecule has 138 valence electrons. The molecule has 0 aliphatic carbocycles. The molecule has 2 rings (SSSR count). The molecule has 0 aromatic heterocycles. The fourth-order valence-corrected chi connectivity index (χ4v) is 3.34. The van der Waals surface area contributed by atoms with Crippen LogP contribution in [-0.2, 0) is 24.2 Å². The number of ether oxygens (including phenoxy) is 1. The van der Waals surface area contributed by atoms with Gasteiger partial charge in [-0.2, -0.15) is 0 Å². The number of carbonyl (C=O) groups is 2. The predicted molar refractivity (Wildman–Crippen MR) is 93.8 cm³/mol. The largest absolute Gasteiger partial charge is 0.456 e. The number of amides is 1. The van der Waals surface area contributed by atoms with E-state index in [-0.39, 0.29) is 4.90 Å². The summed E-state index contributed by atoms with van der Waals surface area (Å²) in [5, 5.41) is 2.57. The number of aryl methyl sites for hydroxylation is 1. The first-order valence-corrected chi connectivity index (χ1v) is 9.42. The molecular formula is C18H18FNO5S. The zero-order chi connectivity index (χ0) is 19.2. The van der Waals surface area contributed by atoms with E-state index in [4.69, 9.17) is 4.74 Å². The van der Waals surface area contributed by atoms with Crippen molar-refractivity contribution >= 4 is 27.4 Å². The zero-order valence-electron chi connectivity index (χ0n) is 14.1. The number of rotatable bonds is 7. The SMILES string of the molecule is Cc1cccc(NC(=O)COC(=O)CCS(=O)(=O)c2ccc(F)cc2)c1. The first kappa shape index (κ1) is 19.6. The third-order valence-corrected chi connectivity index (χ3v) is 5.15. The van der Waals surface area contributed by atoms with E-state index in [9.17, 15) is 22.4 Å². The maximum Gasteiger partial charge on any atom is 0.307 e. The van der Waals surface area contributed by atoms with Crippen LogP contribution in [0.25, 0.3) is 0 Å². The fraction of sp³-hybridized carbons (Fsp3) is 0.222. The van der Waals surface area contributed by atoms with Crippen molar-refractivity contribution in [2.24, 2.45) is 0 Å². The minimum absolute atomic E-state index is 0.0797. The number of hydrogen-bond acceptors (Lipinski definition) is 5. The maximum absolute atomic E-state index is 12.8. The van der Waals surface area contributed by atoms with E-state index in [1.165, 1.54) is 0 Å². The predicted octanol–water partition coefficient (Wildman–Crippen LogP) is 2.48. The van der Waals surface area contributed by atoms with Gasteiger partial charge in [-0.1, -0.05) is 12.1 Å². The molecule has 6 nitrogen and oxygen atoms in total. The van der Waals surface area contributed by atoms with E-state index in [1.807, 2.05) is 13.0 Å². The molecule has 2 aromatic carbocycles. The summed E-state index contributed by atoms with van der Waals surface area (Å²) in [5.41, 5.74) is 1.54. The number of sulfone groups is 1. The van der Waals surface area contributed by atoms with Crippen LogP contribution in [0.1, 0.15) is 12.0 Å². The molecule has 0 saturated heterocycles. The van der Waals surface area contributed by atoms with Gasteiger partial charge >= 0.3 is 5.97 Å². The van der Waals surface area contributed by atoms with Crippen LogP contribution in [0.5, 0.6) is 0 Å². The first-order valence-electron chi connectivity index (χ1n) is 7.77. The molecule has 0 spiro atoms. The molecule has 0 radical (unpaired) electrons. The molecule has 0 bridgehead atoms. The summed E-state index contributed by atoms with van der Waals surface area (Å²) in [6.45, 7) is 1.36. The van der Waals surface area contributed by atoms with E-state index in [0.29, 0.717) is 5.69 Å². The Labute approximate surface area is 150 Å². The lowest BCUT2D eigenvalue weighted by atomic mass is 10.2. The highest BCUT2D eigenvalue weighted by atomic mass is 32.2. The van der Waals surface area contributed by atoms with Crippen LogP contribution in [0.4, 0.5) is 10.1 Å². The highest BCUT2D eigenvalue weighted by molar-refractivity contribution is 7.91. The van der Waals surface area contributed by atoms with Crippen molar-refractivity contribution in [3.05, 3.63) is 59.9 Å². The molecule has 0 unspecified atom stereocenters. The van der Waals surface area contributed by atoms with Crippen LogP contribution < -0.4 is 5.32 Å². The first-order chi connectivity index (χ1) is 12.3. The van der Waals surface area contributed by atoms with Crippen molar-refractivity contribution in [2.75, 3.05) is 17.7 Å². The third kappa shape index (κ3) is 5.96. The number of halogens is 1. The van der Waals surface area contributed by atoms with Crippen LogP contribution in [0.15, 0.2) is 53.4 Å². The van der Waals surface area contributed by atoms with Crippen molar-refractivity contribution < 1.29 is 27.1 Å². The average molecular weight is 379 g/mol. The highest BCUT2D eigenvalue weighted by Gasteiger charge is 2.18. The van der Waals surface area contributed by atoms with E-state index in [2.05, 4.69) is 5.32 Å². The Morgan fingerprint density at radius 3 is 2.46 bits per heavy atom. The Hall–Kier alpha value is -2.74. The summed E-state index contributed by atoms with van der Waals surface area (Å²) in [6.07, 6.45) is -0.405. The zero-order valence-corrected chi connectivity index (χ0v) is 14.9. The summed E-state index contributed by atoms with van der Waals surface area (Å²) < 4.78 is 41.7. The second-order valence-electron chi connectivity index (χ2n) is 5.60. The number of nitrogens with one attached hydrogen (secondary N) is 1. The Bertz CT molecular complexity index is 894. The number of hydrogen-bond donors (Lipinski definition) is 1. The van der Waals surface area contributed by atoms with Gasteiger partial charge in [0, 0.05) is 5.69 Å². The summed E-state index contributed by atoms with van der Waals surface area (Å²) in [7, 11) is -3.73. The molecule has 26 heavy (non-hydrogen) atoms. The second-order valence-corrected chi connectivity index (χ2v) is 7.71. The lowest BCUT2D eigenvalue weighted by Crippen LogP contribution is -2.22. The van der Waals surface area contributed by atoms with Gasteiger partial charge in [0.25, 0.3) is 5.91 Å². The molecule has 0 heterocycles. The van der Waals surface area contributed by atoms with Gasteiger partial charge in [-0.15, -0.1) is 0 Å². The lowest BCUT2D eigenvalue weighted by molar-refractivity contribution is -0.146. The molecule has 0 aliphatic heterocycles. The van der Waals surface area contributed by atoms with Crippen LogP contribution in [0.2, 0.25) is 0 Å². The Balaban J connectivity index is 1.79. The van der Waals surface area contributed by atoms with Crippen LogP contribution >= 0.6 is 0 Å². The topological polar surface area (TPSA) is 89.5 Å². The normalized spacial score (nSPS) is 11.0. The number of esters is 1. The van der Waals surface area contributed by atoms with Gasteiger partial charge in [0.1, 0.15) is 5.82 Å². The van der Waals surface area contributed by atoms with Crippen molar-refractivity contribution in [1.29, 1.82) is 0 Å². The smallest absolute Gasteiger partial charge is 0.307 e. The molecule has 0 saturated carbocycles. The van der Waals surface area contributed by atoms with E-state index in [0.717, 1.165) is 29.8 Å². The minimum Gasteiger partial charge on any atom is -0.456 e. The summed E-state index contributed by atoms with van der Waals surface area (Å²) in [5.74, 6) is -2.37. The molecule has 1 amide bonds. The van der Waals surface area contributed by atoms with Gasteiger partial charge in [0.15, 0.2) is 16.4 Å². The van der Waals surface area contributed by atoms with Crippen molar-refractivity contribution in [3.63, 3.8) is 0 Å². The molecule has 8 heteroatoms. The van der Waals surface area contributed by atoms with E-state index < -0.39 is 46.3 Å². The van der Waals surface area contributed by atoms with Crippen LogP contribution in [0, 0.1) is 12.7 Å². The van der Waals surface area contributed by atoms with Crippen molar-refractivity contribution in [1.82, 2.24) is 0 Å². The van der Waals surface area contributed by atoms with Gasteiger partial charge in [-0.3, -0.25) is 9.59 Å². The van der Waals surface area contributed by atoms with Crippen molar-refractivity contribution in [3.8, 4) is 0 Å². The molecule has 1 N–H and O–H groups in total. The number of carbonyl (C=O) groups excluding carboxylic acids is 2. The Morgan fingerprint density at radius 1 is 1.12 bits per heavy atom. The second kappa shape index (κ2) is 8.57. The third-order valence-electron chi connectivity index (χ3n) is 3.41. The standard InChI is InChI=1S/C18H18FNO5S/c1-13-3-2-4-15(11-13)20-17(21)12-25-18(22)9-10-26(23,24)16-7-5-14(19)6-8-16/h2-8,11H,9-10,12H2,1H3,(H,20,21). The van der Waals surface area contributed by atoms with Gasteiger partial charge in [-0.05, 0) is 48.9 Å². The Morgan fingerprint density at radius 2 is 1.81 bits per heavy atom. The van der Waals surface area contributed by atoms with Gasteiger partial charge in [-0.25, -0.2) is 12.8 Å². The highest BCUT2D eigenvalue weighted by Crippen LogP contribution is 2.13. The van der Waals surface area contributed by atoms with Crippen LogP contribution in [-0.4, -0.2) is 32.7 Å². The Kier molecular flexibility index (Phi) is 6.46. The maximum atomic E-state index is 12.8. The van der Waals surface area contributed by atoms with Gasteiger partial charge in [0.2, 0.25) is 0 Å². The monoisotopic (exact) mass is 379 g/mol. The van der Waals surface area contributed by atoms with Gasteiger partial charge in [0.05, 0.1) is 17.1 Å². The van der Waals surface area contributed by atoms with E-state index in [1.54, 1.807) is 18.2 Å². The molecular weight excluding hydrogens is 361 g/mol. The molecule has 0 aliphatic rings. The quantitative estimate of drug-likeness (QED) is 0.590. The minimum atomic E-state index is -3.73. The summed E-state index contributed by atoms with van der Waals surface area (Å²) in [6, 6.07) is 11.4. The molecule has 2 aromatic rings. The number of benzene rings is 2.